The molecular weight excluding hydrogens is 158 g/mol. The first-order valence-corrected chi connectivity index (χ1v) is 4.20. The zero-order valence-corrected chi connectivity index (χ0v) is 7.45. The molecule has 0 saturated carbocycles. The van der Waals surface area contributed by atoms with Crippen LogP contribution in [0, 0.1) is 0 Å². The van der Waals surface area contributed by atoms with Gasteiger partial charge in [0.1, 0.15) is 0 Å². The van der Waals surface area contributed by atoms with Gasteiger partial charge in [0.25, 0.3) is 0 Å². The van der Waals surface area contributed by atoms with Gasteiger partial charge in [-0.1, -0.05) is 0 Å². The molecule has 0 radical (unpaired) electrons. The summed E-state index contributed by atoms with van der Waals surface area (Å²) in [5, 5.41) is 8.32. The van der Waals surface area contributed by atoms with Gasteiger partial charge in [0, 0.05) is 13.0 Å². The quantitative estimate of drug-likeness (QED) is 0.659. The summed E-state index contributed by atoms with van der Waals surface area (Å²) in [6.45, 7) is 0.810. The van der Waals surface area contributed by atoms with Gasteiger partial charge in [-0.25, -0.2) is 0 Å². The lowest BCUT2D eigenvalue weighted by Crippen LogP contribution is -2.07. The first kappa shape index (κ1) is 11.4. The van der Waals surface area contributed by atoms with E-state index in [1.54, 1.807) is 0 Å². The van der Waals surface area contributed by atoms with Crippen LogP contribution >= 0.6 is 0 Å². The van der Waals surface area contributed by atoms with Crippen molar-refractivity contribution in [1.29, 1.82) is 0 Å². The largest absolute Gasteiger partial charge is 0.481 e. The van der Waals surface area contributed by atoms with E-state index < -0.39 is 5.97 Å². The zero-order valence-electron chi connectivity index (χ0n) is 7.45. The molecule has 4 heteroatoms. The zero-order chi connectivity index (χ0) is 9.40. The molecule has 0 amide bonds. The first-order valence-electron chi connectivity index (χ1n) is 4.20. The lowest BCUT2D eigenvalue weighted by Gasteiger charge is -2.05. The van der Waals surface area contributed by atoms with Crippen LogP contribution in [-0.2, 0) is 9.53 Å². The molecule has 0 aromatic carbocycles. The standard InChI is InChI=1S/C7H12O3.CH5N/c8-7(9)4-3-6-2-1-5-10-6;1-2/h6H,1-5H2,(H,8,9);2H2,1H3. The Hall–Kier alpha value is -0.610. The third kappa shape index (κ3) is 5.09. The van der Waals surface area contributed by atoms with Gasteiger partial charge in [0.2, 0.25) is 0 Å². The van der Waals surface area contributed by atoms with Crippen LogP contribution in [0.15, 0.2) is 0 Å². The molecule has 0 aromatic heterocycles. The Morgan fingerprint density at radius 3 is 2.75 bits per heavy atom. The molecule has 0 aromatic rings. The number of ether oxygens (including phenoxy) is 1. The van der Waals surface area contributed by atoms with Gasteiger partial charge in [0.15, 0.2) is 0 Å². The molecule has 12 heavy (non-hydrogen) atoms. The molecule has 1 fully saturated rings. The molecule has 0 bridgehead atoms. The third-order valence-electron chi connectivity index (χ3n) is 1.70. The van der Waals surface area contributed by atoms with E-state index >= 15 is 0 Å². The van der Waals surface area contributed by atoms with Gasteiger partial charge in [-0.2, -0.15) is 0 Å². The maximum atomic E-state index is 10.1. The fourth-order valence-electron chi connectivity index (χ4n) is 1.16. The van der Waals surface area contributed by atoms with E-state index in [0.717, 1.165) is 19.4 Å². The summed E-state index contributed by atoms with van der Waals surface area (Å²) in [6.07, 6.45) is 3.26. The number of rotatable bonds is 3. The Bertz CT molecular complexity index is 121. The van der Waals surface area contributed by atoms with Crippen molar-refractivity contribution in [3.8, 4) is 0 Å². The average molecular weight is 175 g/mol. The number of carbonyl (C=O) groups is 1. The number of aliphatic carboxylic acids is 1. The van der Waals surface area contributed by atoms with Crippen LogP contribution in [0.4, 0.5) is 0 Å². The van der Waals surface area contributed by atoms with Crippen molar-refractivity contribution in [2.24, 2.45) is 5.73 Å². The Morgan fingerprint density at radius 2 is 2.33 bits per heavy atom. The van der Waals surface area contributed by atoms with E-state index in [9.17, 15) is 4.79 Å². The number of carboxylic acids is 1. The van der Waals surface area contributed by atoms with Crippen molar-refractivity contribution in [2.75, 3.05) is 13.7 Å². The molecule has 1 rings (SSSR count). The summed E-state index contributed by atoms with van der Waals surface area (Å²) in [5.74, 6) is -0.726. The van der Waals surface area contributed by atoms with E-state index in [4.69, 9.17) is 9.84 Å². The lowest BCUT2D eigenvalue weighted by atomic mass is 10.1. The van der Waals surface area contributed by atoms with E-state index in [2.05, 4.69) is 5.73 Å². The van der Waals surface area contributed by atoms with Crippen molar-refractivity contribution in [3.05, 3.63) is 0 Å². The van der Waals surface area contributed by atoms with Gasteiger partial charge in [-0.15, -0.1) is 0 Å². The summed E-state index contributed by atoms with van der Waals surface area (Å²) in [4.78, 5) is 10.1. The van der Waals surface area contributed by atoms with E-state index in [0.29, 0.717) is 6.42 Å². The second-order valence-electron chi connectivity index (χ2n) is 2.57. The fourth-order valence-corrected chi connectivity index (χ4v) is 1.16. The number of hydrogen-bond donors (Lipinski definition) is 2. The molecular formula is C8H17NO3. The van der Waals surface area contributed by atoms with Gasteiger partial charge in [0.05, 0.1) is 6.10 Å². The molecule has 3 N–H and O–H groups in total. The number of hydrogen-bond acceptors (Lipinski definition) is 3. The van der Waals surface area contributed by atoms with Crippen LogP contribution in [0.1, 0.15) is 25.7 Å². The van der Waals surface area contributed by atoms with Gasteiger partial charge in [-0.3, -0.25) is 4.79 Å². The van der Waals surface area contributed by atoms with Gasteiger partial charge >= 0.3 is 5.97 Å². The SMILES string of the molecule is CN.O=C(O)CCC1CCCO1. The van der Waals surface area contributed by atoms with Crippen LogP contribution in [0.5, 0.6) is 0 Å². The van der Waals surface area contributed by atoms with Crippen molar-refractivity contribution in [2.45, 2.75) is 31.8 Å². The first-order chi connectivity index (χ1) is 5.79. The molecule has 1 saturated heterocycles. The molecule has 1 aliphatic rings. The maximum Gasteiger partial charge on any atom is 0.303 e. The highest BCUT2D eigenvalue weighted by molar-refractivity contribution is 5.66. The topological polar surface area (TPSA) is 72.6 Å². The second kappa shape index (κ2) is 7.06. The van der Waals surface area contributed by atoms with Crippen molar-refractivity contribution in [1.82, 2.24) is 0 Å². The molecule has 0 aliphatic carbocycles. The fraction of sp³-hybridized carbons (Fsp3) is 0.875. The predicted molar refractivity (Wildman–Crippen MR) is 46.0 cm³/mol. The smallest absolute Gasteiger partial charge is 0.303 e. The highest BCUT2D eigenvalue weighted by Gasteiger charge is 2.15. The Labute approximate surface area is 72.7 Å². The minimum absolute atomic E-state index is 0.219. The number of carboxylic acid groups (broad SMARTS) is 1. The summed E-state index contributed by atoms with van der Waals surface area (Å²) >= 11 is 0. The second-order valence-corrected chi connectivity index (χ2v) is 2.57. The molecule has 1 unspecified atom stereocenters. The summed E-state index contributed by atoms with van der Waals surface area (Å²) in [6, 6.07) is 0. The minimum Gasteiger partial charge on any atom is -0.481 e. The maximum absolute atomic E-state index is 10.1. The van der Waals surface area contributed by atoms with Gasteiger partial charge in [-0.05, 0) is 26.3 Å². The predicted octanol–water partition coefficient (Wildman–Crippen LogP) is 0.605. The summed E-state index contributed by atoms with van der Waals surface area (Å²) < 4.78 is 5.24. The Kier molecular flexibility index (Phi) is 6.70. The normalized spacial score (nSPS) is 21.3. The molecule has 4 nitrogen and oxygen atoms in total. The van der Waals surface area contributed by atoms with Crippen molar-refractivity contribution < 1.29 is 14.6 Å². The highest BCUT2D eigenvalue weighted by Crippen LogP contribution is 2.16. The Balaban J connectivity index is 0.000000561. The Morgan fingerprint density at radius 1 is 1.67 bits per heavy atom. The molecule has 0 spiro atoms. The lowest BCUT2D eigenvalue weighted by molar-refractivity contribution is -0.137. The monoisotopic (exact) mass is 175 g/mol. The average Bonchev–Trinajstić information content (AvgIpc) is 2.56. The molecule has 1 atom stereocenters. The third-order valence-corrected chi connectivity index (χ3v) is 1.70. The summed E-state index contributed by atoms with van der Waals surface area (Å²) in [5.41, 5.74) is 4.50. The van der Waals surface area contributed by atoms with Gasteiger partial charge < -0.3 is 15.6 Å². The van der Waals surface area contributed by atoms with E-state index in [1.807, 2.05) is 0 Å². The van der Waals surface area contributed by atoms with E-state index in [1.165, 1.54) is 7.05 Å². The number of nitrogens with two attached hydrogens (primary N) is 1. The highest BCUT2D eigenvalue weighted by atomic mass is 16.5. The summed E-state index contributed by atoms with van der Waals surface area (Å²) in [7, 11) is 1.50. The molecule has 72 valence electrons. The van der Waals surface area contributed by atoms with Crippen LogP contribution in [0.25, 0.3) is 0 Å². The van der Waals surface area contributed by atoms with Crippen LogP contribution < -0.4 is 5.73 Å². The molecule has 1 heterocycles. The molecule has 1 aliphatic heterocycles. The van der Waals surface area contributed by atoms with Crippen LogP contribution in [0.2, 0.25) is 0 Å². The van der Waals surface area contributed by atoms with Crippen molar-refractivity contribution in [3.63, 3.8) is 0 Å². The van der Waals surface area contributed by atoms with Crippen LogP contribution in [-0.4, -0.2) is 30.8 Å². The van der Waals surface area contributed by atoms with Crippen molar-refractivity contribution >= 4 is 5.97 Å². The van der Waals surface area contributed by atoms with Crippen LogP contribution in [0.3, 0.4) is 0 Å². The van der Waals surface area contributed by atoms with E-state index in [-0.39, 0.29) is 12.5 Å². The minimum atomic E-state index is -0.726.